The molecule has 0 amide bonds. The van der Waals surface area contributed by atoms with Crippen molar-refractivity contribution in [1.82, 2.24) is 9.97 Å². The lowest BCUT2D eigenvalue weighted by Gasteiger charge is -2.11. The van der Waals surface area contributed by atoms with Gasteiger partial charge in [0, 0.05) is 18.9 Å². The van der Waals surface area contributed by atoms with Crippen molar-refractivity contribution >= 4 is 9.84 Å². The lowest BCUT2D eigenvalue weighted by molar-refractivity contribution is -0.0237. The van der Waals surface area contributed by atoms with Gasteiger partial charge < -0.3 is 14.9 Å². The molecular weight excluding hydrogens is 260 g/mol. The van der Waals surface area contributed by atoms with Crippen molar-refractivity contribution in [2.24, 2.45) is 0 Å². The van der Waals surface area contributed by atoms with Gasteiger partial charge in [0.15, 0.2) is 0 Å². The van der Waals surface area contributed by atoms with Gasteiger partial charge in [-0.25, -0.2) is 18.4 Å². The molecule has 0 bridgehead atoms. The van der Waals surface area contributed by atoms with Gasteiger partial charge >= 0.3 is 0 Å². The average molecular weight is 274 g/mol. The van der Waals surface area contributed by atoms with E-state index in [9.17, 15) is 13.5 Å². The number of aliphatic hydroxyl groups excluding tert-OH is 2. The minimum atomic E-state index is -3.48. The fourth-order valence-corrected chi connectivity index (χ4v) is 2.32. The number of hydrogen-bond acceptors (Lipinski definition) is 7. The van der Waals surface area contributed by atoms with E-state index < -0.39 is 28.1 Å². The molecule has 0 radical (unpaired) electrons. The normalized spacial score (nSPS) is 28.5. The van der Waals surface area contributed by atoms with Crippen LogP contribution in [0, 0.1) is 0 Å². The largest absolute Gasteiger partial charge is 0.394 e. The molecule has 0 unspecified atom stereocenters. The Morgan fingerprint density at radius 3 is 2.83 bits per heavy atom. The number of ether oxygens (including phenoxy) is 1. The van der Waals surface area contributed by atoms with Crippen molar-refractivity contribution in [3.63, 3.8) is 0 Å². The van der Waals surface area contributed by atoms with Gasteiger partial charge in [-0.2, -0.15) is 0 Å². The molecule has 2 rings (SSSR count). The van der Waals surface area contributed by atoms with Gasteiger partial charge in [-0.15, -0.1) is 0 Å². The van der Waals surface area contributed by atoms with Crippen molar-refractivity contribution in [3.8, 4) is 0 Å². The van der Waals surface area contributed by atoms with Crippen LogP contribution in [-0.2, 0) is 14.6 Å². The molecule has 100 valence electrons. The smallest absolute Gasteiger partial charge is 0.247 e. The van der Waals surface area contributed by atoms with E-state index in [2.05, 4.69) is 9.97 Å². The lowest BCUT2D eigenvalue weighted by Crippen LogP contribution is -2.24. The minimum Gasteiger partial charge on any atom is -0.394 e. The van der Waals surface area contributed by atoms with Crippen LogP contribution >= 0.6 is 0 Å². The molecule has 0 aromatic carbocycles. The van der Waals surface area contributed by atoms with Gasteiger partial charge in [-0.3, -0.25) is 0 Å². The van der Waals surface area contributed by atoms with E-state index in [1.165, 1.54) is 12.3 Å². The van der Waals surface area contributed by atoms with Crippen LogP contribution in [-0.4, -0.2) is 53.7 Å². The second-order valence-corrected chi connectivity index (χ2v) is 6.09. The highest BCUT2D eigenvalue weighted by molar-refractivity contribution is 7.90. The molecule has 1 saturated heterocycles. The molecule has 1 fully saturated rings. The zero-order valence-electron chi connectivity index (χ0n) is 9.72. The van der Waals surface area contributed by atoms with Crippen molar-refractivity contribution in [3.05, 3.63) is 18.0 Å². The van der Waals surface area contributed by atoms with Crippen LogP contribution in [0.1, 0.15) is 18.2 Å². The van der Waals surface area contributed by atoms with Crippen LogP contribution in [0.25, 0.3) is 0 Å². The predicted octanol–water partition coefficient (Wildman–Crippen LogP) is -0.937. The number of nitrogens with zero attached hydrogens (tertiary/aromatic N) is 2. The van der Waals surface area contributed by atoms with E-state index in [0.717, 1.165) is 6.26 Å². The first-order chi connectivity index (χ1) is 8.41. The van der Waals surface area contributed by atoms with E-state index in [1.54, 1.807) is 0 Å². The zero-order valence-corrected chi connectivity index (χ0v) is 10.5. The summed E-state index contributed by atoms with van der Waals surface area (Å²) in [5, 5.41) is 18.3. The summed E-state index contributed by atoms with van der Waals surface area (Å²) in [5.74, 6) is 0. The molecule has 2 heterocycles. The van der Waals surface area contributed by atoms with Gasteiger partial charge in [0.1, 0.15) is 12.2 Å². The van der Waals surface area contributed by atoms with Crippen molar-refractivity contribution in [2.45, 2.75) is 29.9 Å². The molecule has 0 saturated carbocycles. The molecule has 7 nitrogen and oxygen atoms in total. The van der Waals surface area contributed by atoms with Crippen LogP contribution < -0.4 is 0 Å². The van der Waals surface area contributed by atoms with Gasteiger partial charge in [-0.1, -0.05) is 0 Å². The first-order valence-electron chi connectivity index (χ1n) is 5.39. The Balaban J connectivity index is 2.25. The Morgan fingerprint density at radius 1 is 1.56 bits per heavy atom. The quantitative estimate of drug-likeness (QED) is 0.685. The standard InChI is InChI=1S/C10H14N2O5S/c1-18(15,16)10-11-3-2-6(12-10)8-4-7(14)9(5-13)17-8/h2-3,7-9,13-14H,4-5H2,1H3/t7-,8+,9+/m0/s1. The summed E-state index contributed by atoms with van der Waals surface area (Å²) < 4.78 is 28.1. The Kier molecular flexibility index (Phi) is 3.62. The molecule has 1 aromatic rings. The number of aliphatic hydroxyl groups is 2. The third-order valence-electron chi connectivity index (χ3n) is 2.72. The summed E-state index contributed by atoms with van der Waals surface area (Å²) in [5.41, 5.74) is 0.389. The second kappa shape index (κ2) is 4.88. The second-order valence-electron chi connectivity index (χ2n) is 4.19. The first-order valence-corrected chi connectivity index (χ1v) is 7.28. The number of aromatic nitrogens is 2. The van der Waals surface area contributed by atoms with E-state index in [1.807, 2.05) is 0 Å². The summed E-state index contributed by atoms with van der Waals surface area (Å²) in [6.07, 6.45) is 0.656. The van der Waals surface area contributed by atoms with Crippen LogP contribution in [0.5, 0.6) is 0 Å². The van der Waals surface area contributed by atoms with Gasteiger partial charge in [0.05, 0.1) is 18.4 Å². The summed E-state index contributed by atoms with van der Waals surface area (Å²) >= 11 is 0. The monoisotopic (exact) mass is 274 g/mol. The SMILES string of the molecule is CS(=O)(=O)c1nccc([C@H]2C[C@H](O)[C@@H](CO)O2)n1. The highest BCUT2D eigenvalue weighted by Crippen LogP contribution is 2.31. The van der Waals surface area contributed by atoms with Crippen LogP contribution in [0.4, 0.5) is 0 Å². The maximum Gasteiger partial charge on any atom is 0.247 e. The van der Waals surface area contributed by atoms with Crippen LogP contribution in [0.3, 0.4) is 0 Å². The maximum atomic E-state index is 11.3. The van der Waals surface area contributed by atoms with E-state index in [4.69, 9.17) is 9.84 Å². The minimum absolute atomic E-state index is 0.269. The number of hydrogen-bond donors (Lipinski definition) is 2. The van der Waals surface area contributed by atoms with Crippen molar-refractivity contribution in [1.29, 1.82) is 0 Å². The Bertz CT molecular complexity index is 533. The maximum absolute atomic E-state index is 11.3. The topological polar surface area (TPSA) is 110 Å². The third-order valence-corrected chi connectivity index (χ3v) is 3.58. The Labute approximate surface area is 104 Å². The molecule has 2 N–H and O–H groups in total. The summed E-state index contributed by atoms with van der Waals surface area (Å²) in [6, 6.07) is 1.53. The average Bonchev–Trinajstić information content (AvgIpc) is 2.70. The van der Waals surface area contributed by atoms with Crippen LogP contribution in [0.2, 0.25) is 0 Å². The number of sulfone groups is 1. The molecule has 0 spiro atoms. The molecule has 1 aromatic heterocycles. The third kappa shape index (κ3) is 2.66. The zero-order chi connectivity index (χ0) is 13.3. The van der Waals surface area contributed by atoms with Gasteiger partial charge in [0.2, 0.25) is 15.0 Å². The number of rotatable bonds is 3. The Morgan fingerprint density at radius 2 is 2.28 bits per heavy atom. The Hall–Kier alpha value is -1.09. The summed E-state index contributed by atoms with van der Waals surface area (Å²) in [4.78, 5) is 7.59. The summed E-state index contributed by atoms with van der Waals surface area (Å²) in [6.45, 7) is -0.290. The van der Waals surface area contributed by atoms with Crippen LogP contribution in [0.15, 0.2) is 17.4 Å². The molecule has 1 aliphatic rings. The molecule has 3 atom stereocenters. The fourth-order valence-electron chi connectivity index (χ4n) is 1.80. The molecule has 0 aliphatic carbocycles. The van der Waals surface area contributed by atoms with Gasteiger partial charge in [0.25, 0.3) is 0 Å². The van der Waals surface area contributed by atoms with Crippen molar-refractivity contribution in [2.75, 3.05) is 12.9 Å². The molecular formula is C10H14N2O5S. The van der Waals surface area contributed by atoms with Gasteiger partial charge in [-0.05, 0) is 6.07 Å². The molecule has 18 heavy (non-hydrogen) atoms. The highest BCUT2D eigenvalue weighted by atomic mass is 32.2. The van der Waals surface area contributed by atoms with E-state index in [-0.39, 0.29) is 18.2 Å². The first kappa shape index (κ1) is 13.3. The highest BCUT2D eigenvalue weighted by Gasteiger charge is 2.35. The summed E-state index contributed by atoms with van der Waals surface area (Å²) in [7, 11) is -3.48. The molecule has 1 aliphatic heterocycles. The van der Waals surface area contributed by atoms with Crippen molar-refractivity contribution < 1.29 is 23.4 Å². The van der Waals surface area contributed by atoms with E-state index >= 15 is 0 Å². The predicted molar refractivity (Wildman–Crippen MR) is 60.5 cm³/mol. The lowest BCUT2D eigenvalue weighted by atomic mass is 10.1. The molecule has 8 heteroatoms. The fraction of sp³-hybridized carbons (Fsp3) is 0.600. The van der Waals surface area contributed by atoms with E-state index in [0.29, 0.717) is 5.69 Å².